The van der Waals surface area contributed by atoms with Crippen LogP contribution in [0.25, 0.3) is 0 Å². The molecule has 0 spiro atoms. The highest BCUT2D eigenvalue weighted by Gasteiger charge is 2.33. The Balaban J connectivity index is 2.80. The molecule has 0 radical (unpaired) electrons. The maximum atomic E-state index is 9.56. The summed E-state index contributed by atoms with van der Waals surface area (Å²) in [5, 5.41) is 18.4. The van der Waals surface area contributed by atoms with Gasteiger partial charge in [-0.15, -0.1) is 0 Å². The van der Waals surface area contributed by atoms with Crippen molar-refractivity contribution in [3.63, 3.8) is 0 Å². The zero-order chi connectivity index (χ0) is 18.8. The first-order chi connectivity index (χ1) is 11.9. The van der Waals surface area contributed by atoms with Gasteiger partial charge in [0.15, 0.2) is 5.54 Å². The van der Waals surface area contributed by atoms with Crippen molar-refractivity contribution in [2.45, 2.75) is 83.8 Å². The standard InChI is InChI=1S/C21H33N3O/c1-6-7-8-9-10-13-18-14-11-12-15-19(18)23-24-21(4,17-22)16-20(2,3)25-5/h11-12,14-15H,6-10,13,16H2,1-5H3. The summed E-state index contributed by atoms with van der Waals surface area (Å²) in [4.78, 5) is 0. The first kappa shape index (κ1) is 21.3. The summed E-state index contributed by atoms with van der Waals surface area (Å²) in [7, 11) is 1.66. The second-order valence-electron chi connectivity index (χ2n) is 7.52. The number of nitriles is 1. The summed E-state index contributed by atoms with van der Waals surface area (Å²) < 4.78 is 5.44. The van der Waals surface area contributed by atoms with Crippen LogP contribution in [0.2, 0.25) is 0 Å². The monoisotopic (exact) mass is 343 g/mol. The Hall–Kier alpha value is -1.73. The molecule has 0 fully saturated rings. The van der Waals surface area contributed by atoms with E-state index in [-0.39, 0.29) is 0 Å². The van der Waals surface area contributed by atoms with E-state index in [2.05, 4.69) is 29.3 Å². The normalized spacial score (nSPS) is 14.4. The van der Waals surface area contributed by atoms with Crippen molar-refractivity contribution in [1.29, 1.82) is 5.26 Å². The van der Waals surface area contributed by atoms with Gasteiger partial charge in [-0.25, -0.2) is 0 Å². The summed E-state index contributed by atoms with van der Waals surface area (Å²) in [6, 6.07) is 10.4. The van der Waals surface area contributed by atoms with Gasteiger partial charge in [-0.2, -0.15) is 15.5 Å². The lowest BCUT2D eigenvalue weighted by Gasteiger charge is -2.28. The lowest BCUT2D eigenvalue weighted by Crippen LogP contribution is -2.34. The molecule has 0 aliphatic rings. The molecule has 1 unspecified atom stereocenters. The van der Waals surface area contributed by atoms with E-state index < -0.39 is 11.1 Å². The highest BCUT2D eigenvalue weighted by atomic mass is 16.5. The molecule has 0 aliphatic carbocycles. The molecule has 0 aromatic heterocycles. The molecule has 25 heavy (non-hydrogen) atoms. The van der Waals surface area contributed by atoms with E-state index in [4.69, 9.17) is 4.74 Å². The number of methoxy groups -OCH3 is 1. The van der Waals surface area contributed by atoms with E-state index in [1.54, 1.807) is 7.11 Å². The van der Waals surface area contributed by atoms with E-state index in [9.17, 15) is 5.26 Å². The summed E-state index contributed by atoms with van der Waals surface area (Å²) in [5.74, 6) is 0. The van der Waals surface area contributed by atoms with Crippen molar-refractivity contribution >= 4 is 5.69 Å². The van der Waals surface area contributed by atoms with E-state index in [1.165, 1.54) is 37.7 Å². The molecule has 0 saturated heterocycles. The molecular formula is C21H33N3O. The van der Waals surface area contributed by atoms with Gasteiger partial charge in [-0.05, 0) is 45.2 Å². The molecular weight excluding hydrogens is 310 g/mol. The molecule has 1 aromatic rings. The van der Waals surface area contributed by atoms with Gasteiger partial charge in [0.2, 0.25) is 0 Å². The van der Waals surface area contributed by atoms with E-state index in [0.29, 0.717) is 6.42 Å². The van der Waals surface area contributed by atoms with Crippen molar-refractivity contribution in [3.05, 3.63) is 29.8 Å². The van der Waals surface area contributed by atoms with Crippen LogP contribution in [0.3, 0.4) is 0 Å². The van der Waals surface area contributed by atoms with Gasteiger partial charge in [0.25, 0.3) is 0 Å². The summed E-state index contributed by atoms with van der Waals surface area (Å²) >= 11 is 0. The number of rotatable bonds is 11. The number of azo groups is 1. The quantitative estimate of drug-likeness (QED) is 0.346. The first-order valence-corrected chi connectivity index (χ1v) is 9.33. The molecule has 4 nitrogen and oxygen atoms in total. The number of nitrogens with zero attached hydrogens (tertiary/aromatic N) is 3. The molecule has 0 heterocycles. The second-order valence-corrected chi connectivity index (χ2v) is 7.52. The first-order valence-electron chi connectivity index (χ1n) is 9.33. The lowest BCUT2D eigenvalue weighted by molar-refractivity contribution is 0.00493. The Bertz CT molecular complexity index is 589. The smallest absolute Gasteiger partial charge is 0.167 e. The SMILES string of the molecule is CCCCCCCc1ccccc1N=NC(C)(C#N)CC(C)(C)OC. The third-order valence-electron chi connectivity index (χ3n) is 4.48. The third kappa shape index (κ3) is 7.79. The minimum Gasteiger partial charge on any atom is -0.379 e. The zero-order valence-electron chi connectivity index (χ0n) is 16.5. The molecule has 0 bridgehead atoms. The largest absolute Gasteiger partial charge is 0.379 e. The van der Waals surface area contributed by atoms with Gasteiger partial charge in [0.05, 0.1) is 17.4 Å². The average molecular weight is 344 g/mol. The van der Waals surface area contributed by atoms with Gasteiger partial charge in [0, 0.05) is 13.5 Å². The van der Waals surface area contributed by atoms with Gasteiger partial charge in [0.1, 0.15) is 0 Å². The number of unbranched alkanes of at least 4 members (excludes halogenated alkanes) is 4. The van der Waals surface area contributed by atoms with Crippen LogP contribution < -0.4 is 0 Å². The molecule has 138 valence electrons. The minimum absolute atomic E-state index is 0.414. The highest BCUT2D eigenvalue weighted by Crippen LogP contribution is 2.29. The molecule has 1 atom stereocenters. The van der Waals surface area contributed by atoms with Crippen LogP contribution in [-0.4, -0.2) is 18.2 Å². The van der Waals surface area contributed by atoms with Crippen LogP contribution >= 0.6 is 0 Å². The molecule has 0 N–H and O–H groups in total. The van der Waals surface area contributed by atoms with Crippen molar-refractivity contribution in [1.82, 2.24) is 0 Å². The minimum atomic E-state index is -0.895. The predicted octanol–water partition coefficient (Wildman–Crippen LogP) is 6.38. The summed E-state index contributed by atoms with van der Waals surface area (Å²) in [6.07, 6.45) is 7.77. The molecule has 1 aromatic carbocycles. The summed E-state index contributed by atoms with van der Waals surface area (Å²) in [6.45, 7) is 7.96. The summed E-state index contributed by atoms with van der Waals surface area (Å²) in [5.41, 5.74) is 0.763. The Morgan fingerprint density at radius 1 is 1.08 bits per heavy atom. The fourth-order valence-electron chi connectivity index (χ4n) is 2.90. The van der Waals surface area contributed by atoms with Crippen LogP contribution in [0.5, 0.6) is 0 Å². The molecule has 0 aliphatic heterocycles. The molecule has 1 rings (SSSR count). The van der Waals surface area contributed by atoms with E-state index >= 15 is 0 Å². The fourth-order valence-corrected chi connectivity index (χ4v) is 2.90. The van der Waals surface area contributed by atoms with Gasteiger partial charge < -0.3 is 4.74 Å². The number of hydrogen-bond acceptors (Lipinski definition) is 4. The van der Waals surface area contributed by atoms with Crippen LogP contribution in [0.1, 0.15) is 71.8 Å². The van der Waals surface area contributed by atoms with Crippen molar-refractivity contribution in [2.24, 2.45) is 10.2 Å². The number of benzene rings is 1. The average Bonchev–Trinajstić information content (AvgIpc) is 2.60. The lowest BCUT2D eigenvalue weighted by atomic mass is 9.90. The maximum absolute atomic E-state index is 9.56. The number of aryl methyl sites for hydroxylation is 1. The van der Waals surface area contributed by atoms with Crippen LogP contribution in [-0.2, 0) is 11.2 Å². The maximum Gasteiger partial charge on any atom is 0.167 e. The van der Waals surface area contributed by atoms with Crippen molar-refractivity contribution < 1.29 is 4.74 Å². The van der Waals surface area contributed by atoms with Gasteiger partial charge >= 0.3 is 0 Å². The van der Waals surface area contributed by atoms with E-state index in [0.717, 1.165) is 12.1 Å². The Morgan fingerprint density at radius 2 is 1.76 bits per heavy atom. The Kier molecular flexibility index (Phi) is 8.78. The topological polar surface area (TPSA) is 57.7 Å². The fraction of sp³-hybridized carbons (Fsp3) is 0.667. The Labute approximate surface area is 153 Å². The van der Waals surface area contributed by atoms with Crippen LogP contribution in [0.15, 0.2) is 34.5 Å². The Morgan fingerprint density at radius 3 is 2.40 bits per heavy atom. The highest BCUT2D eigenvalue weighted by molar-refractivity contribution is 5.45. The van der Waals surface area contributed by atoms with E-state index in [1.807, 2.05) is 39.0 Å². The van der Waals surface area contributed by atoms with Gasteiger partial charge in [-0.1, -0.05) is 50.8 Å². The van der Waals surface area contributed by atoms with Crippen LogP contribution in [0.4, 0.5) is 5.69 Å². The van der Waals surface area contributed by atoms with Crippen molar-refractivity contribution in [2.75, 3.05) is 7.11 Å². The number of hydrogen-bond donors (Lipinski definition) is 0. The van der Waals surface area contributed by atoms with Crippen molar-refractivity contribution in [3.8, 4) is 6.07 Å². The molecule has 0 amide bonds. The third-order valence-corrected chi connectivity index (χ3v) is 4.48. The second kappa shape index (κ2) is 10.3. The zero-order valence-corrected chi connectivity index (χ0v) is 16.5. The molecule has 0 saturated carbocycles. The number of ether oxygens (including phenoxy) is 1. The molecule has 4 heteroatoms. The van der Waals surface area contributed by atoms with Crippen LogP contribution in [0, 0.1) is 11.3 Å². The predicted molar refractivity (Wildman–Crippen MR) is 103 cm³/mol. The van der Waals surface area contributed by atoms with Gasteiger partial charge in [-0.3, -0.25) is 0 Å².